The summed E-state index contributed by atoms with van der Waals surface area (Å²) in [5.74, 6) is -0.0419. The number of likely N-dealkylation sites (N-methyl/N-ethyl adjacent to an activating group) is 1. The number of Topliss-reactive ketones (excluding diaryl/α,β-unsaturated/α-hetero) is 1. The van der Waals surface area contributed by atoms with Crippen LogP contribution in [0.4, 0.5) is 5.69 Å². The van der Waals surface area contributed by atoms with Crippen molar-refractivity contribution in [1.82, 2.24) is 24.1 Å². The summed E-state index contributed by atoms with van der Waals surface area (Å²) in [6, 6.07) is 14.1. The average molecular weight is 553 g/mol. The fraction of sp³-hybridized carbons (Fsp3) is 0.375. The van der Waals surface area contributed by atoms with Gasteiger partial charge in [-0.2, -0.15) is 5.10 Å². The number of nitrogens with zero attached hydrogens (tertiary/aromatic N) is 5. The van der Waals surface area contributed by atoms with E-state index in [0.29, 0.717) is 29.3 Å². The molecule has 1 N–H and O–H groups in total. The van der Waals surface area contributed by atoms with Crippen LogP contribution in [-0.4, -0.2) is 74.0 Å². The number of benzene rings is 2. The molecule has 4 aromatic rings. The van der Waals surface area contributed by atoms with Crippen LogP contribution in [0.5, 0.6) is 0 Å². The molecule has 0 unspecified atom stereocenters. The minimum absolute atomic E-state index is 0.0940. The number of aromatic nitrogens is 3. The number of carbonyl (C=O) groups excluding carboxylic acids is 3. The highest BCUT2D eigenvalue weighted by Gasteiger charge is 2.43. The maximum absolute atomic E-state index is 13.5. The minimum atomic E-state index is -0.232. The van der Waals surface area contributed by atoms with Crippen molar-refractivity contribution in [2.24, 2.45) is 0 Å². The quantitative estimate of drug-likeness (QED) is 0.323. The lowest BCUT2D eigenvalue weighted by Crippen LogP contribution is -2.48. The van der Waals surface area contributed by atoms with Crippen LogP contribution in [0.3, 0.4) is 0 Å². The summed E-state index contributed by atoms with van der Waals surface area (Å²) in [4.78, 5) is 43.5. The molecule has 0 radical (unpaired) electrons. The third-order valence-electron chi connectivity index (χ3n) is 8.58. The fourth-order valence-electron chi connectivity index (χ4n) is 6.32. The molecule has 2 aliphatic rings. The van der Waals surface area contributed by atoms with E-state index in [1.165, 1.54) is 0 Å². The van der Waals surface area contributed by atoms with Gasteiger partial charge in [0.15, 0.2) is 5.78 Å². The Bertz CT molecular complexity index is 1650. The van der Waals surface area contributed by atoms with Crippen molar-refractivity contribution in [2.45, 2.75) is 58.7 Å². The lowest BCUT2D eigenvalue weighted by atomic mass is 10.1. The molecule has 41 heavy (non-hydrogen) atoms. The number of likely N-dealkylation sites (tertiary alicyclic amines) is 2. The molecule has 2 bridgehead atoms. The van der Waals surface area contributed by atoms with E-state index in [1.54, 1.807) is 17.1 Å². The molecule has 2 saturated heterocycles. The summed E-state index contributed by atoms with van der Waals surface area (Å²) >= 11 is 0. The highest BCUT2D eigenvalue weighted by Crippen LogP contribution is 2.30. The number of hydrogen-bond donors (Lipinski definition) is 1. The van der Waals surface area contributed by atoms with Gasteiger partial charge in [-0.25, -0.2) is 4.68 Å². The topological polar surface area (TPSA) is 92.5 Å². The largest absolute Gasteiger partial charge is 0.337 e. The summed E-state index contributed by atoms with van der Waals surface area (Å²) in [7, 11) is 2.12. The summed E-state index contributed by atoms with van der Waals surface area (Å²) in [5, 5.41) is 8.25. The molecule has 6 rings (SSSR count). The van der Waals surface area contributed by atoms with E-state index in [9.17, 15) is 14.4 Å². The molecule has 2 aromatic carbocycles. The third kappa shape index (κ3) is 4.95. The lowest BCUT2D eigenvalue weighted by molar-refractivity contribution is -0.133. The zero-order chi connectivity index (χ0) is 28.8. The Balaban J connectivity index is 1.20. The van der Waals surface area contributed by atoms with E-state index in [4.69, 9.17) is 0 Å². The van der Waals surface area contributed by atoms with Gasteiger partial charge >= 0.3 is 0 Å². The number of aryl methyl sites for hydroxylation is 1. The molecule has 2 fully saturated rings. The monoisotopic (exact) mass is 552 g/mol. The Kier molecular flexibility index (Phi) is 6.99. The third-order valence-corrected chi connectivity index (χ3v) is 8.58. The second-order valence-corrected chi connectivity index (χ2v) is 11.4. The zero-order valence-electron chi connectivity index (χ0n) is 24.1. The van der Waals surface area contributed by atoms with Gasteiger partial charge in [0, 0.05) is 54.4 Å². The number of ketones is 1. The van der Waals surface area contributed by atoms with Crippen molar-refractivity contribution in [3.8, 4) is 5.69 Å². The summed E-state index contributed by atoms with van der Waals surface area (Å²) in [6.45, 7) is 7.78. The fourth-order valence-corrected chi connectivity index (χ4v) is 6.32. The Labute approximate surface area is 239 Å². The first-order chi connectivity index (χ1) is 19.7. The van der Waals surface area contributed by atoms with Gasteiger partial charge in [-0.3, -0.25) is 19.3 Å². The van der Waals surface area contributed by atoms with Crippen molar-refractivity contribution in [3.63, 3.8) is 0 Å². The summed E-state index contributed by atoms with van der Waals surface area (Å²) in [5.41, 5.74) is 5.34. The minimum Gasteiger partial charge on any atom is -0.337 e. The van der Waals surface area contributed by atoms with E-state index < -0.39 is 0 Å². The van der Waals surface area contributed by atoms with Gasteiger partial charge in [-0.1, -0.05) is 18.6 Å². The van der Waals surface area contributed by atoms with Gasteiger partial charge in [-0.05, 0) is 70.1 Å². The molecule has 9 heteroatoms. The van der Waals surface area contributed by atoms with Crippen LogP contribution < -0.4 is 5.32 Å². The van der Waals surface area contributed by atoms with Crippen LogP contribution in [0.2, 0.25) is 0 Å². The van der Waals surface area contributed by atoms with Crippen LogP contribution in [0.1, 0.15) is 58.2 Å². The van der Waals surface area contributed by atoms with E-state index in [2.05, 4.69) is 22.4 Å². The molecule has 9 nitrogen and oxygen atoms in total. The normalized spacial score (nSPS) is 18.4. The highest BCUT2D eigenvalue weighted by atomic mass is 16.2. The summed E-state index contributed by atoms with van der Waals surface area (Å²) < 4.78 is 3.65. The molecule has 0 saturated carbocycles. The molecule has 2 aromatic heterocycles. The molecule has 0 spiro atoms. The first-order valence-electron chi connectivity index (χ1n) is 14.3. The Morgan fingerprint density at radius 2 is 1.78 bits per heavy atom. The van der Waals surface area contributed by atoms with E-state index in [-0.39, 0.29) is 30.2 Å². The van der Waals surface area contributed by atoms with Gasteiger partial charge in [-0.15, -0.1) is 0 Å². The smallest absolute Gasteiger partial charge is 0.257 e. The molecule has 212 valence electrons. The molecule has 2 amide bonds. The number of nitrogens with one attached hydrogen (secondary N) is 1. The predicted molar refractivity (Wildman–Crippen MR) is 159 cm³/mol. The van der Waals surface area contributed by atoms with Gasteiger partial charge in [0.1, 0.15) is 6.54 Å². The summed E-state index contributed by atoms with van der Waals surface area (Å²) in [6.07, 6.45) is 5.76. The van der Waals surface area contributed by atoms with Crippen LogP contribution in [0, 0.1) is 13.8 Å². The van der Waals surface area contributed by atoms with Crippen molar-refractivity contribution in [1.29, 1.82) is 0 Å². The SMILES string of the molecule is CCCC(=O)c1cnn(-c2ccc(NC(=O)c3cn(CC(=O)N4C[C@@H]5C[C@H]4CN5C)c4ccc(C)cc34)cc2)c1C. The van der Waals surface area contributed by atoms with E-state index in [0.717, 1.165) is 53.8 Å². The number of hydrogen-bond acceptors (Lipinski definition) is 5. The molecule has 2 aliphatic heterocycles. The first-order valence-corrected chi connectivity index (χ1v) is 14.3. The Morgan fingerprint density at radius 3 is 2.46 bits per heavy atom. The standard InChI is InChI=1S/C32H36N6O3/c1-5-6-30(39)27-15-33-38(21(27)3)23-10-8-22(9-11-23)34-32(41)28-18-36(29-12-7-20(2)13-26(28)29)19-31(40)37-17-24-14-25(37)16-35(24)4/h7-13,15,18,24-25H,5-6,14,16-17,19H2,1-4H3,(H,34,41)/t24-,25-/m0/s1. The molecular formula is C32H36N6O3. The van der Waals surface area contributed by atoms with Gasteiger partial charge in [0.2, 0.25) is 5.91 Å². The second-order valence-electron chi connectivity index (χ2n) is 11.4. The van der Waals surface area contributed by atoms with Crippen LogP contribution in [0.25, 0.3) is 16.6 Å². The molecule has 4 heterocycles. The highest BCUT2D eigenvalue weighted by molar-refractivity contribution is 6.13. The van der Waals surface area contributed by atoms with Crippen molar-refractivity contribution >= 4 is 34.2 Å². The van der Waals surface area contributed by atoms with Crippen LogP contribution >= 0.6 is 0 Å². The molecule has 0 aliphatic carbocycles. The van der Waals surface area contributed by atoms with Gasteiger partial charge in [0.05, 0.1) is 28.7 Å². The number of amides is 2. The van der Waals surface area contributed by atoms with Gasteiger partial charge in [0.25, 0.3) is 5.91 Å². The van der Waals surface area contributed by atoms with Crippen LogP contribution in [0.15, 0.2) is 54.9 Å². The predicted octanol–water partition coefficient (Wildman–Crippen LogP) is 4.59. The first kappa shape index (κ1) is 27.0. The maximum Gasteiger partial charge on any atom is 0.257 e. The van der Waals surface area contributed by atoms with Crippen molar-refractivity contribution < 1.29 is 14.4 Å². The zero-order valence-corrected chi connectivity index (χ0v) is 24.1. The number of carbonyl (C=O) groups is 3. The molecule has 2 atom stereocenters. The van der Waals surface area contributed by atoms with Crippen molar-refractivity contribution in [2.75, 3.05) is 25.5 Å². The number of anilines is 1. The molecular weight excluding hydrogens is 516 g/mol. The average Bonchev–Trinajstić information content (AvgIpc) is 3.71. The number of rotatable bonds is 8. The maximum atomic E-state index is 13.5. The van der Waals surface area contributed by atoms with E-state index >= 15 is 0 Å². The van der Waals surface area contributed by atoms with Crippen molar-refractivity contribution in [3.05, 3.63) is 77.2 Å². The second kappa shape index (κ2) is 10.6. The van der Waals surface area contributed by atoms with Gasteiger partial charge < -0.3 is 14.8 Å². The van der Waals surface area contributed by atoms with Crippen LogP contribution in [-0.2, 0) is 11.3 Å². The number of fused-ring (bicyclic) bond motifs is 3. The lowest BCUT2D eigenvalue weighted by Gasteiger charge is -2.32. The van der Waals surface area contributed by atoms with E-state index in [1.807, 2.05) is 72.7 Å². The Morgan fingerprint density at radius 1 is 1.00 bits per heavy atom. The number of piperazine rings is 1. The Hall–Kier alpha value is -4.24.